The third-order valence-electron chi connectivity index (χ3n) is 1.60. The van der Waals surface area contributed by atoms with E-state index in [0.29, 0.717) is 10.0 Å². The Morgan fingerprint density at radius 1 is 1.23 bits per heavy atom. The molecule has 0 atom stereocenters. The van der Waals surface area contributed by atoms with Crippen molar-refractivity contribution >= 4 is 23.2 Å². The molecule has 0 aliphatic carbocycles. The van der Waals surface area contributed by atoms with Crippen molar-refractivity contribution < 1.29 is 0 Å². The standard InChI is InChI=1S/C8H5Cl2N3/c9-6-2-1-3-7(8(6)10)13-5-11-4-12-13/h1-5H. The van der Waals surface area contributed by atoms with Gasteiger partial charge in [0, 0.05) is 0 Å². The fourth-order valence-electron chi connectivity index (χ4n) is 1.00. The van der Waals surface area contributed by atoms with Gasteiger partial charge < -0.3 is 0 Å². The first kappa shape index (κ1) is 8.53. The Morgan fingerprint density at radius 2 is 2.08 bits per heavy atom. The molecule has 0 spiro atoms. The van der Waals surface area contributed by atoms with E-state index in [9.17, 15) is 0 Å². The van der Waals surface area contributed by atoms with Gasteiger partial charge in [-0.2, -0.15) is 5.10 Å². The molecule has 1 heterocycles. The average molecular weight is 214 g/mol. The van der Waals surface area contributed by atoms with Crippen LogP contribution in [0.2, 0.25) is 10.0 Å². The highest BCUT2D eigenvalue weighted by Gasteiger charge is 2.05. The number of hydrogen-bond acceptors (Lipinski definition) is 2. The van der Waals surface area contributed by atoms with Crippen molar-refractivity contribution in [2.75, 3.05) is 0 Å². The quantitative estimate of drug-likeness (QED) is 0.730. The predicted octanol–water partition coefficient (Wildman–Crippen LogP) is 2.57. The highest BCUT2D eigenvalue weighted by Crippen LogP contribution is 2.27. The molecular weight excluding hydrogens is 209 g/mol. The molecule has 0 aliphatic rings. The summed E-state index contributed by atoms with van der Waals surface area (Å²) in [5.74, 6) is 0. The van der Waals surface area contributed by atoms with Gasteiger partial charge in [-0.15, -0.1) is 0 Å². The van der Waals surface area contributed by atoms with Gasteiger partial charge in [0.05, 0.1) is 15.7 Å². The molecule has 0 saturated carbocycles. The maximum Gasteiger partial charge on any atom is 0.138 e. The molecule has 0 saturated heterocycles. The van der Waals surface area contributed by atoms with E-state index in [0.717, 1.165) is 5.69 Å². The van der Waals surface area contributed by atoms with Crippen molar-refractivity contribution in [2.45, 2.75) is 0 Å². The minimum absolute atomic E-state index is 0.481. The SMILES string of the molecule is Clc1cccc(-n2cncn2)c1Cl. The Kier molecular flexibility index (Phi) is 2.20. The second-order valence-electron chi connectivity index (χ2n) is 2.41. The topological polar surface area (TPSA) is 30.7 Å². The predicted molar refractivity (Wildman–Crippen MR) is 51.4 cm³/mol. The van der Waals surface area contributed by atoms with Gasteiger partial charge in [0.15, 0.2) is 0 Å². The molecule has 0 N–H and O–H groups in total. The van der Waals surface area contributed by atoms with E-state index in [2.05, 4.69) is 10.1 Å². The van der Waals surface area contributed by atoms with Crippen LogP contribution in [0.4, 0.5) is 0 Å². The number of nitrogens with zero attached hydrogens (tertiary/aromatic N) is 3. The molecule has 3 nitrogen and oxygen atoms in total. The molecule has 13 heavy (non-hydrogen) atoms. The molecule has 2 aromatic rings. The summed E-state index contributed by atoms with van der Waals surface area (Å²) in [6.07, 6.45) is 3.01. The summed E-state index contributed by atoms with van der Waals surface area (Å²) in [5, 5.41) is 4.94. The van der Waals surface area contributed by atoms with Crippen LogP contribution < -0.4 is 0 Å². The Bertz CT molecular complexity index is 411. The van der Waals surface area contributed by atoms with Gasteiger partial charge in [-0.3, -0.25) is 0 Å². The van der Waals surface area contributed by atoms with Crippen molar-refractivity contribution in [3.05, 3.63) is 40.9 Å². The first-order valence-corrected chi connectivity index (χ1v) is 4.33. The molecule has 0 fully saturated rings. The minimum Gasteiger partial charge on any atom is -0.223 e. The summed E-state index contributed by atoms with van der Waals surface area (Å²) in [7, 11) is 0. The molecule has 2 rings (SSSR count). The lowest BCUT2D eigenvalue weighted by molar-refractivity contribution is 0.879. The van der Waals surface area contributed by atoms with E-state index < -0.39 is 0 Å². The zero-order valence-corrected chi connectivity index (χ0v) is 8.00. The Balaban J connectivity index is 2.59. The van der Waals surface area contributed by atoms with Crippen LogP contribution in [0.3, 0.4) is 0 Å². The second-order valence-corrected chi connectivity index (χ2v) is 3.20. The summed E-state index contributed by atoms with van der Waals surface area (Å²) in [6, 6.07) is 5.36. The van der Waals surface area contributed by atoms with Gasteiger partial charge in [-0.05, 0) is 12.1 Å². The van der Waals surface area contributed by atoms with Gasteiger partial charge in [0.2, 0.25) is 0 Å². The Labute approximate surface area is 84.9 Å². The van der Waals surface area contributed by atoms with Gasteiger partial charge in [-0.1, -0.05) is 29.3 Å². The highest BCUT2D eigenvalue weighted by atomic mass is 35.5. The van der Waals surface area contributed by atoms with E-state index in [1.165, 1.54) is 6.33 Å². The Morgan fingerprint density at radius 3 is 2.77 bits per heavy atom. The highest BCUT2D eigenvalue weighted by molar-refractivity contribution is 6.43. The van der Waals surface area contributed by atoms with E-state index in [1.807, 2.05) is 12.1 Å². The van der Waals surface area contributed by atoms with Crippen LogP contribution in [-0.2, 0) is 0 Å². The molecule has 5 heteroatoms. The van der Waals surface area contributed by atoms with Crippen molar-refractivity contribution in [3.8, 4) is 5.69 Å². The lowest BCUT2D eigenvalue weighted by atomic mass is 10.3. The van der Waals surface area contributed by atoms with E-state index in [4.69, 9.17) is 23.2 Å². The zero-order valence-electron chi connectivity index (χ0n) is 6.48. The lowest BCUT2D eigenvalue weighted by Crippen LogP contribution is -1.94. The fraction of sp³-hybridized carbons (Fsp3) is 0. The van der Waals surface area contributed by atoms with Gasteiger partial charge in [0.1, 0.15) is 12.7 Å². The molecule has 1 aromatic carbocycles. The molecule has 0 bridgehead atoms. The van der Waals surface area contributed by atoms with Crippen molar-refractivity contribution in [1.29, 1.82) is 0 Å². The molecule has 0 amide bonds. The monoisotopic (exact) mass is 213 g/mol. The fourth-order valence-corrected chi connectivity index (χ4v) is 1.38. The summed E-state index contributed by atoms with van der Waals surface area (Å²) in [4.78, 5) is 3.82. The van der Waals surface area contributed by atoms with Crippen LogP contribution in [0, 0.1) is 0 Å². The maximum absolute atomic E-state index is 5.96. The van der Waals surface area contributed by atoms with Gasteiger partial charge >= 0.3 is 0 Å². The summed E-state index contributed by atoms with van der Waals surface area (Å²) < 4.78 is 1.56. The lowest BCUT2D eigenvalue weighted by Gasteiger charge is -2.03. The van der Waals surface area contributed by atoms with Crippen LogP contribution in [-0.4, -0.2) is 14.8 Å². The summed E-state index contributed by atoms with van der Waals surface area (Å²) in [5.41, 5.74) is 0.728. The number of rotatable bonds is 1. The normalized spacial score (nSPS) is 10.3. The minimum atomic E-state index is 0.481. The average Bonchev–Trinajstić information content (AvgIpc) is 2.62. The first-order chi connectivity index (χ1) is 6.29. The molecule has 1 aromatic heterocycles. The molecule has 0 aliphatic heterocycles. The van der Waals surface area contributed by atoms with Crippen LogP contribution in [0.5, 0.6) is 0 Å². The van der Waals surface area contributed by atoms with Crippen LogP contribution in [0.1, 0.15) is 0 Å². The molecule has 0 radical (unpaired) electrons. The van der Waals surface area contributed by atoms with Crippen LogP contribution in [0.15, 0.2) is 30.9 Å². The molecule has 66 valence electrons. The van der Waals surface area contributed by atoms with Crippen LogP contribution in [0.25, 0.3) is 5.69 Å². The number of halogens is 2. The van der Waals surface area contributed by atoms with E-state index >= 15 is 0 Å². The van der Waals surface area contributed by atoms with Gasteiger partial charge in [0.25, 0.3) is 0 Å². The molecule has 0 unspecified atom stereocenters. The smallest absolute Gasteiger partial charge is 0.138 e. The third kappa shape index (κ3) is 1.53. The van der Waals surface area contributed by atoms with Crippen molar-refractivity contribution in [2.24, 2.45) is 0 Å². The summed E-state index contributed by atoms with van der Waals surface area (Å²) in [6.45, 7) is 0. The van der Waals surface area contributed by atoms with Crippen molar-refractivity contribution in [1.82, 2.24) is 14.8 Å². The molecular formula is C8H5Cl2N3. The third-order valence-corrected chi connectivity index (χ3v) is 2.41. The first-order valence-electron chi connectivity index (χ1n) is 3.58. The zero-order chi connectivity index (χ0) is 9.26. The second kappa shape index (κ2) is 3.36. The number of aromatic nitrogens is 3. The van der Waals surface area contributed by atoms with E-state index in [-0.39, 0.29) is 0 Å². The number of hydrogen-bond donors (Lipinski definition) is 0. The van der Waals surface area contributed by atoms with E-state index in [1.54, 1.807) is 17.1 Å². The summed E-state index contributed by atoms with van der Waals surface area (Å²) >= 11 is 11.8. The maximum atomic E-state index is 5.96. The number of benzene rings is 1. The van der Waals surface area contributed by atoms with Crippen molar-refractivity contribution in [3.63, 3.8) is 0 Å². The largest absolute Gasteiger partial charge is 0.223 e. The van der Waals surface area contributed by atoms with Gasteiger partial charge in [-0.25, -0.2) is 9.67 Å². The van der Waals surface area contributed by atoms with Crippen LogP contribution >= 0.6 is 23.2 Å². The Hall–Kier alpha value is -1.06.